The van der Waals surface area contributed by atoms with Crippen LogP contribution in [-0.4, -0.2) is 9.67 Å². The standard InChI is InChI=1S/C6H9NO2S/c1-2-3-7-5(8)4-10-6(7)9/h4,8H,2-3H2,1H3. The first-order valence-electron chi connectivity index (χ1n) is 3.13. The summed E-state index contributed by atoms with van der Waals surface area (Å²) in [6.07, 6.45) is 0.865. The van der Waals surface area contributed by atoms with Gasteiger partial charge in [-0.05, 0) is 6.42 Å². The molecule has 0 aromatic carbocycles. The minimum Gasteiger partial charge on any atom is -0.494 e. The average Bonchev–Trinajstić information content (AvgIpc) is 2.20. The SMILES string of the molecule is CCCn1c(O)csc1=O. The summed E-state index contributed by atoms with van der Waals surface area (Å²) in [7, 11) is 0. The van der Waals surface area contributed by atoms with Gasteiger partial charge in [-0.25, -0.2) is 0 Å². The van der Waals surface area contributed by atoms with Crippen LogP contribution in [0, 0.1) is 0 Å². The highest BCUT2D eigenvalue weighted by atomic mass is 32.1. The molecule has 56 valence electrons. The van der Waals surface area contributed by atoms with Crippen molar-refractivity contribution in [3.05, 3.63) is 15.0 Å². The van der Waals surface area contributed by atoms with E-state index < -0.39 is 0 Å². The van der Waals surface area contributed by atoms with Crippen LogP contribution >= 0.6 is 11.3 Å². The maximum absolute atomic E-state index is 10.9. The molecule has 0 unspecified atom stereocenters. The molecule has 0 radical (unpaired) electrons. The second-order valence-electron chi connectivity index (χ2n) is 2.01. The van der Waals surface area contributed by atoms with E-state index in [0.29, 0.717) is 6.54 Å². The van der Waals surface area contributed by atoms with Crippen LogP contribution in [0.15, 0.2) is 10.2 Å². The zero-order valence-corrected chi connectivity index (χ0v) is 6.52. The molecule has 0 saturated carbocycles. The van der Waals surface area contributed by atoms with Gasteiger partial charge in [0.15, 0.2) is 0 Å². The molecule has 1 aromatic heterocycles. The van der Waals surface area contributed by atoms with Crippen molar-refractivity contribution in [2.24, 2.45) is 0 Å². The first-order valence-corrected chi connectivity index (χ1v) is 4.01. The Bertz CT molecular complexity index is 263. The third-order valence-corrected chi connectivity index (χ3v) is 1.96. The lowest BCUT2D eigenvalue weighted by Crippen LogP contribution is -2.11. The third-order valence-electron chi connectivity index (χ3n) is 1.21. The van der Waals surface area contributed by atoms with Gasteiger partial charge in [-0.15, -0.1) is 0 Å². The minimum absolute atomic E-state index is 0.0804. The molecule has 1 heterocycles. The van der Waals surface area contributed by atoms with Gasteiger partial charge in [-0.2, -0.15) is 0 Å². The van der Waals surface area contributed by atoms with Gasteiger partial charge in [0.05, 0.1) is 5.38 Å². The van der Waals surface area contributed by atoms with Gasteiger partial charge in [0.2, 0.25) is 5.88 Å². The summed E-state index contributed by atoms with van der Waals surface area (Å²) in [6.45, 7) is 2.57. The quantitative estimate of drug-likeness (QED) is 0.700. The Labute approximate surface area is 62.6 Å². The van der Waals surface area contributed by atoms with Crippen LogP contribution < -0.4 is 4.87 Å². The minimum atomic E-state index is -0.0839. The number of aromatic nitrogens is 1. The smallest absolute Gasteiger partial charge is 0.309 e. The fraction of sp³-hybridized carbons (Fsp3) is 0.500. The van der Waals surface area contributed by atoms with Gasteiger partial charge in [0.1, 0.15) is 0 Å². The molecule has 0 aliphatic rings. The summed E-state index contributed by atoms with van der Waals surface area (Å²) in [4.78, 5) is 10.8. The molecule has 0 fully saturated rings. The average molecular weight is 159 g/mol. The monoisotopic (exact) mass is 159 g/mol. The highest BCUT2D eigenvalue weighted by Gasteiger charge is 2.01. The predicted octanol–water partition coefficient (Wildman–Crippen LogP) is 1.03. The van der Waals surface area contributed by atoms with Gasteiger partial charge in [-0.1, -0.05) is 18.3 Å². The zero-order chi connectivity index (χ0) is 7.56. The van der Waals surface area contributed by atoms with E-state index in [1.54, 1.807) is 0 Å². The lowest BCUT2D eigenvalue weighted by molar-refractivity contribution is 0.412. The van der Waals surface area contributed by atoms with E-state index in [1.807, 2.05) is 6.92 Å². The number of rotatable bonds is 2. The van der Waals surface area contributed by atoms with E-state index in [0.717, 1.165) is 17.8 Å². The van der Waals surface area contributed by atoms with Crippen LogP contribution in [0.1, 0.15) is 13.3 Å². The third kappa shape index (κ3) is 1.21. The summed E-state index contributed by atoms with van der Waals surface area (Å²) in [5, 5.41) is 10.5. The summed E-state index contributed by atoms with van der Waals surface area (Å²) in [6, 6.07) is 0. The normalized spacial score (nSPS) is 10.1. The van der Waals surface area contributed by atoms with Crippen molar-refractivity contribution in [1.82, 2.24) is 4.57 Å². The zero-order valence-electron chi connectivity index (χ0n) is 5.70. The molecule has 0 atom stereocenters. The van der Waals surface area contributed by atoms with Crippen molar-refractivity contribution >= 4 is 11.3 Å². The molecule has 0 spiro atoms. The highest BCUT2D eigenvalue weighted by molar-refractivity contribution is 7.07. The molecular formula is C6H9NO2S. The number of hydrogen-bond acceptors (Lipinski definition) is 3. The molecule has 0 saturated heterocycles. The molecule has 10 heavy (non-hydrogen) atoms. The summed E-state index contributed by atoms with van der Waals surface area (Å²) in [5.74, 6) is 0.0804. The van der Waals surface area contributed by atoms with Gasteiger partial charge in [0.25, 0.3) is 0 Å². The number of nitrogens with zero attached hydrogens (tertiary/aromatic N) is 1. The van der Waals surface area contributed by atoms with Crippen LogP contribution in [0.5, 0.6) is 5.88 Å². The van der Waals surface area contributed by atoms with E-state index in [4.69, 9.17) is 5.11 Å². The van der Waals surface area contributed by atoms with E-state index in [-0.39, 0.29) is 10.8 Å². The van der Waals surface area contributed by atoms with Crippen molar-refractivity contribution in [2.75, 3.05) is 0 Å². The van der Waals surface area contributed by atoms with Crippen molar-refractivity contribution in [3.63, 3.8) is 0 Å². The predicted molar refractivity (Wildman–Crippen MR) is 40.5 cm³/mol. The van der Waals surface area contributed by atoms with E-state index in [9.17, 15) is 4.79 Å². The van der Waals surface area contributed by atoms with Crippen LogP contribution in [0.2, 0.25) is 0 Å². The van der Waals surface area contributed by atoms with Gasteiger partial charge in [-0.3, -0.25) is 9.36 Å². The maximum atomic E-state index is 10.9. The molecule has 3 nitrogen and oxygen atoms in total. The molecule has 4 heteroatoms. The van der Waals surface area contributed by atoms with Crippen molar-refractivity contribution in [2.45, 2.75) is 19.9 Å². The Hall–Kier alpha value is -0.770. The van der Waals surface area contributed by atoms with Crippen molar-refractivity contribution < 1.29 is 5.11 Å². The Balaban J connectivity index is 2.99. The van der Waals surface area contributed by atoms with Gasteiger partial charge >= 0.3 is 4.87 Å². The number of aromatic hydroxyl groups is 1. The second-order valence-corrected chi connectivity index (χ2v) is 2.83. The Kier molecular flexibility index (Phi) is 2.11. The maximum Gasteiger partial charge on any atom is 0.309 e. The fourth-order valence-electron chi connectivity index (χ4n) is 0.753. The molecule has 1 aromatic rings. The lowest BCUT2D eigenvalue weighted by Gasteiger charge is -1.97. The molecule has 0 aliphatic heterocycles. The molecular weight excluding hydrogens is 150 g/mol. The van der Waals surface area contributed by atoms with Crippen LogP contribution in [0.4, 0.5) is 0 Å². The number of hydrogen-bond donors (Lipinski definition) is 1. The van der Waals surface area contributed by atoms with Crippen LogP contribution in [-0.2, 0) is 6.54 Å². The largest absolute Gasteiger partial charge is 0.494 e. The Morgan fingerprint density at radius 3 is 2.90 bits per heavy atom. The molecule has 1 N–H and O–H groups in total. The molecule has 0 bridgehead atoms. The Morgan fingerprint density at radius 2 is 2.50 bits per heavy atom. The topological polar surface area (TPSA) is 42.2 Å². The highest BCUT2D eigenvalue weighted by Crippen LogP contribution is 2.08. The summed E-state index contributed by atoms with van der Waals surface area (Å²) in [5.41, 5.74) is 0. The van der Waals surface area contributed by atoms with Gasteiger partial charge in [0, 0.05) is 6.54 Å². The van der Waals surface area contributed by atoms with Crippen molar-refractivity contribution in [3.8, 4) is 5.88 Å². The first-order chi connectivity index (χ1) is 4.75. The molecule has 1 rings (SSSR count). The van der Waals surface area contributed by atoms with Crippen LogP contribution in [0.25, 0.3) is 0 Å². The molecule has 0 amide bonds. The van der Waals surface area contributed by atoms with Crippen molar-refractivity contribution in [1.29, 1.82) is 0 Å². The first kappa shape index (κ1) is 7.34. The summed E-state index contributed by atoms with van der Waals surface area (Å²) >= 11 is 1.03. The van der Waals surface area contributed by atoms with E-state index in [2.05, 4.69) is 0 Å². The molecule has 0 aliphatic carbocycles. The van der Waals surface area contributed by atoms with Crippen LogP contribution in [0.3, 0.4) is 0 Å². The number of thiazole rings is 1. The van der Waals surface area contributed by atoms with E-state index in [1.165, 1.54) is 9.95 Å². The second kappa shape index (κ2) is 2.88. The Morgan fingerprint density at radius 1 is 1.80 bits per heavy atom. The lowest BCUT2D eigenvalue weighted by atomic mass is 10.5. The van der Waals surface area contributed by atoms with E-state index >= 15 is 0 Å². The van der Waals surface area contributed by atoms with Gasteiger partial charge < -0.3 is 5.11 Å². The summed E-state index contributed by atoms with van der Waals surface area (Å²) < 4.78 is 1.37. The fourth-order valence-corrected chi connectivity index (χ4v) is 1.40.